The number of nitriles is 1. The first-order valence-corrected chi connectivity index (χ1v) is 11.6. The molecule has 0 saturated carbocycles. The van der Waals surface area contributed by atoms with E-state index in [0.717, 1.165) is 11.8 Å². The fraction of sp³-hybridized carbons (Fsp3) is 0. The van der Waals surface area contributed by atoms with Crippen LogP contribution >= 0.6 is 35.0 Å². The maximum Gasteiger partial charge on any atom is 0.283 e. The van der Waals surface area contributed by atoms with Gasteiger partial charge in [-0.15, -0.1) is 5.10 Å². The van der Waals surface area contributed by atoms with Gasteiger partial charge in [0.25, 0.3) is 11.6 Å². The third-order valence-electron chi connectivity index (χ3n) is 4.63. The number of carbonyl (C=O) groups is 1. The van der Waals surface area contributed by atoms with Crippen molar-refractivity contribution < 1.29 is 9.72 Å². The molecule has 10 nitrogen and oxygen atoms in total. The van der Waals surface area contributed by atoms with E-state index < -0.39 is 10.8 Å². The molecule has 1 amide bonds. The van der Waals surface area contributed by atoms with Gasteiger partial charge in [-0.25, -0.2) is 4.98 Å². The van der Waals surface area contributed by atoms with Crippen molar-refractivity contribution in [3.63, 3.8) is 0 Å². The Kier molecular flexibility index (Phi) is 7.60. The Balaban J connectivity index is 1.57. The van der Waals surface area contributed by atoms with Gasteiger partial charge in [-0.05, 0) is 59.8 Å². The molecule has 4 rings (SSSR count). The molecule has 0 fully saturated rings. The zero-order chi connectivity index (χ0) is 25.7. The molecule has 0 spiro atoms. The maximum atomic E-state index is 12.4. The summed E-state index contributed by atoms with van der Waals surface area (Å²) >= 11 is 13.1. The van der Waals surface area contributed by atoms with E-state index in [1.54, 1.807) is 42.6 Å². The fourth-order valence-corrected chi connectivity index (χ4v) is 4.29. The molecule has 0 aliphatic carbocycles. The molecule has 0 radical (unpaired) electrons. The molecule has 0 aliphatic heterocycles. The van der Waals surface area contributed by atoms with Gasteiger partial charge in [0.1, 0.15) is 11.6 Å². The summed E-state index contributed by atoms with van der Waals surface area (Å²) in [5.41, 5.74) is 0.810. The van der Waals surface area contributed by atoms with Crippen LogP contribution in [0.1, 0.15) is 5.56 Å². The molecule has 13 heteroatoms. The third kappa shape index (κ3) is 5.87. The topological polar surface area (TPSA) is 150 Å². The molecule has 0 aliphatic rings. The lowest BCUT2D eigenvalue weighted by Gasteiger charge is -2.04. The van der Waals surface area contributed by atoms with Gasteiger partial charge in [-0.3, -0.25) is 25.0 Å². The quantitative estimate of drug-likeness (QED) is 0.130. The summed E-state index contributed by atoms with van der Waals surface area (Å²) in [6.07, 6.45) is 4.24. The van der Waals surface area contributed by atoms with Gasteiger partial charge in [0.05, 0.1) is 26.7 Å². The minimum Gasteiger partial charge on any atom is -0.320 e. The molecule has 0 bridgehead atoms. The smallest absolute Gasteiger partial charge is 0.283 e. The van der Waals surface area contributed by atoms with E-state index in [9.17, 15) is 20.2 Å². The van der Waals surface area contributed by atoms with Crippen LogP contribution in [0, 0.1) is 21.4 Å². The van der Waals surface area contributed by atoms with Crippen LogP contribution in [-0.2, 0) is 4.79 Å². The summed E-state index contributed by atoms with van der Waals surface area (Å²) in [7, 11) is 0. The van der Waals surface area contributed by atoms with Gasteiger partial charge in [0.15, 0.2) is 5.82 Å². The minimum atomic E-state index is -0.666. The second-order valence-corrected chi connectivity index (χ2v) is 8.90. The third-order valence-corrected chi connectivity index (χ3v) is 6.11. The summed E-state index contributed by atoms with van der Waals surface area (Å²) in [6.45, 7) is 0. The van der Waals surface area contributed by atoms with E-state index in [-0.39, 0.29) is 21.3 Å². The van der Waals surface area contributed by atoms with Crippen LogP contribution < -0.4 is 5.32 Å². The molecular formula is C23H13Cl2N7O3S. The number of pyridine rings is 1. The van der Waals surface area contributed by atoms with E-state index in [1.165, 1.54) is 24.4 Å². The molecule has 178 valence electrons. The first kappa shape index (κ1) is 24.9. The summed E-state index contributed by atoms with van der Waals surface area (Å²) in [5.74, 6) is -0.291. The van der Waals surface area contributed by atoms with Gasteiger partial charge in [-0.1, -0.05) is 29.3 Å². The summed E-state index contributed by atoms with van der Waals surface area (Å²) < 4.78 is 0. The molecule has 2 aromatic carbocycles. The highest BCUT2D eigenvalue weighted by Gasteiger charge is 2.19. The van der Waals surface area contributed by atoms with Gasteiger partial charge in [0, 0.05) is 22.8 Å². The van der Waals surface area contributed by atoms with Crippen molar-refractivity contribution in [2.24, 2.45) is 0 Å². The van der Waals surface area contributed by atoms with E-state index >= 15 is 0 Å². The lowest BCUT2D eigenvalue weighted by Crippen LogP contribution is -2.13. The number of nitrogens with zero attached hydrogens (tertiary/aromatic N) is 5. The van der Waals surface area contributed by atoms with Crippen molar-refractivity contribution in [3.05, 3.63) is 92.2 Å². The van der Waals surface area contributed by atoms with Crippen LogP contribution in [0.5, 0.6) is 0 Å². The molecule has 0 atom stereocenters. The number of aromatic amines is 1. The first-order chi connectivity index (χ1) is 17.3. The second-order valence-electron chi connectivity index (χ2n) is 7.04. The average molecular weight is 538 g/mol. The molecule has 36 heavy (non-hydrogen) atoms. The number of carbonyl (C=O) groups excluding carboxylic acids is 1. The molecule has 0 unspecified atom stereocenters. The largest absolute Gasteiger partial charge is 0.320 e. The average Bonchev–Trinajstić information content (AvgIpc) is 3.31. The number of amides is 1. The highest BCUT2D eigenvalue weighted by Crippen LogP contribution is 2.36. The summed E-state index contributed by atoms with van der Waals surface area (Å²) in [5, 5.41) is 31.6. The van der Waals surface area contributed by atoms with Crippen molar-refractivity contribution in [1.29, 1.82) is 5.26 Å². The molecular weight excluding hydrogens is 525 g/mol. The number of hydrogen-bond donors (Lipinski definition) is 2. The Labute approximate surface area is 218 Å². The van der Waals surface area contributed by atoms with E-state index in [0.29, 0.717) is 32.7 Å². The zero-order valence-corrected chi connectivity index (χ0v) is 20.3. The number of benzene rings is 2. The lowest BCUT2D eigenvalue weighted by molar-refractivity contribution is -0.387. The Bertz CT molecular complexity index is 1530. The fourth-order valence-electron chi connectivity index (χ4n) is 3.00. The van der Waals surface area contributed by atoms with E-state index in [4.69, 9.17) is 23.2 Å². The molecule has 2 heterocycles. The molecule has 2 aromatic heterocycles. The highest BCUT2D eigenvalue weighted by atomic mass is 35.5. The van der Waals surface area contributed by atoms with E-state index in [1.807, 2.05) is 6.07 Å². The molecule has 2 N–H and O–H groups in total. The predicted molar refractivity (Wildman–Crippen MR) is 136 cm³/mol. The summed E-state index contributed by atoms with van der Waals surface area (Å²) in [4.78, 5) is 32.1. The van der Waals surface area contributed by atoms with Crippen LogP contribution in [0.3, 0.4) is 0 Å². The first-order valence-electron chi connectivity index (χ1n) is 10.0. The summed E-state index contributed by atoms with van der Waals surface area (Å²) in [6, 6.07) is 14.3. The Hall–Kier alpha value is -4.24. The Morgan fingerprint density at radius 3 is 2.75 bits per heavy atom. The van der Waals surface area contributed by atoms with Crippen LogP contribution in [-0.4, -0.2) is 31.0 Å². The van der Waals surface area contributed by atoms with Crippen molar-refractivity contribution in [1.82, 2.24) is 20.2 Å². The predicted octanol–water partition coefficient (Wildman–Crippen LogP) is 5.78. The maximum absolute atomic E-state index is 12.4. The molecule has 4 aromatic rings. The Morgan fingerprint density at radius 1 is 1.22 bits per heavy atom. The number of anilines is 1. The number of aromatic nitrogens is 4. The van der Waals surface area contributed by atoms with Crippen LogP contribution in [0.2, 0.25) is 10.0 Å². The van der Waals surface area contributed by atoms with Gasteiger partial charge in [-0.2, -0.15) is 5.26 Å². The number of hydrogen-bond acceptors (Lipinski definition) is 8. The van der Waals surface area contributed by atoms with Crippen LogP contribution in [0.15, 0.2) is 76.5 Å². The van der Waals surface area contributed by atoms with Crippen LogP contribution in [0.25, 0.3) is 17.5 Å². The lowest BCUT2D eigenvalue weighted by atomic mass is 10.1. The number of rotatable bonds is 7. The second kappa shape index (κ2) is 11.0. The zero-order valence-electron chi connectivity index (χ0n) is 18.0. The van der Waals surface area contributed by atoms with Crippen LogP contribution in [0.4, 0.5) is 11.4 Å². The number of H-pyrrole nitrogens is 1. The van der Waals surface area contributed by atoms with Crippen molar-refractivity contribution in [3.8, 4) is 17.5 Å². The van der Waals surface area contributed by atoms with E-state index in [2.05, 4.69) is 25.5 Å². The number of nitro groups is 1. The van der Waals surface area contributed by atoms with Gasteiger partial charge in [0.2, 0.25) is 5.16 Å². The Morgan fingerprint density at radius 2 is 2.06 bits per heavy atom. The highest BCUT2D eigenvalue weighted by molar-refractivity contribution is 7.99. The van der Waals surface area contributed by atoms with Crippen molar-refractivity contribution in [2.45, 2.75) is 10.1 Å². The van der Waals surface area contributed by atoms with Crippen molar-refractivity contribution in [2.75, 3.05) is 5.32 Å². The van der Waals surface area contributed by atoms with Gasteiger partial charge < -0.3 is 5.32 Å². The SMILES string of the molecule is N#C/C(=C\c1ccc(Sc2n[nH]c(-c3ccc(Cl)cc3Cl)n2)c([N+](=O)[O-])c1)C(=O)Nc1cccnc1. The standard InChI is InChI=1S/C23H13Cl2N7O3S/c24-15-4-5-17(18(25)10-15)21-29-23(31-30-21)36-20-6-3-13(9-19(20)32(34)35)8-14(11-26)22(33)28-16-2-1-7-27-12-16/h1-10,12H,(H,28,33)(H,29,30,31)/b14-8+. The number of nitro benzene ring substituents is 1. The molecule has 0 saturated heterocycles. The number of nitrogens with one attached hydrogen (secondary N) is 2. The minimum absolute atomic E-state index is 0.230. The van der Waals surface area contributed by atoms with Gasteiger partial charge >= 0.3 is 0 Å². The monoisotopic (exact) mass is 537 g/mol. The van der Waals surface area contributed by atoms with Crippen molar-refractivity contribution >= 4 is 58.3 Å². The number of halogens is 2. The normalized spacial score (nSPS) is 11.1.